The first-order chi connectivity index (χ1) is 15.2. The Hall–Kier alpha value is -2.03. The third kappa shape index (κ3) is 7.53. The van der Waals surface area contributed by atoms with Crippen molar-refractivity contribution in [1.29, 1.82) is 0 Å². The lowest BCUT2D eigenvalue weighted by atomic mass is 10.1. The Labute approximate surface area is 196 Å². The molecule has 0 heterocycles. The molecule has 1 N–H and O–H groups in total. The summed E-state index contributed by atoms with van der Waals surface area (Å²) in [6, 6.07) is 12.8. The van der Waals surface area contributed by atoms with Crippen molar-refractivity contribution in [2.45, 2.75) is 62.0 Å². The number of nitrogens with zero attached hydrogens (tertiary/aromatic N) is 1. The standard InChI is InChI=1S/C24H33NO5S2/c1-5-7-20-8-11-22(12-9-20)32(28,29)25(14-6-2)16-19(4)31-21-10-13-23(18(3)15-21)30-17-24(26)27/h8-13,15,19H,5-7,14,16-17H2,1-4H3,(H,26,27). The molecule has 32 heavy (non-hydrogen) atoms. The number of sulfonamides is 1. The van der Waals surface area contributed by atoms with Crippen molar-refractivity contribution in [2.24, 2.45) is 0 Å². The van der Waals surface area contributed by atoms with E-state index in [1.165, 1.54) is 0 Å². The van der Waals surface area contributed by atoms with Gasteiger partial charge in [-0.15, -0.1) is 11.8 Å². The van der Waals surface area contributed by atoms with E-state index in [1.807, 2.05) is 45.0 Å². The number of carboxylic acid groups (broad SMARTS) is 1. The largest absolute Gasteiger partial charge is 0.482 e. The highest BCUT2D eigenvalue weighted by atomic mass is 32.2. The number of aliphatic carboxylic acids is 1. The van der Waals surface area contributed by atoms with Crippen LogP contribution in [0.1, 0.15) is 44.7 Å². The molecule has 0 saturated carbocycles. The molecule has 0 saturated heterocycles. The number of rotatable bonds is 13. The monoisotopic (exact) mass is 479 g/mol. The predicted molar refractivity (Wildman–Crippen MR) is 129 cm³/mol. The Bertz CT molecular complexity index is 990. The highest BCUT2D eigenvalue weighted by Gasteiger charge is 2.25. The van der Waals surface area contributed by atoms with Crippen LogP contribution < -0.4 is 4.74 Å². The molecule has 0 spiro atoms. The van der Waals surface area contributed by atoms with Crippen LogP contribution in [0.5, 0.6) is 5.75 Å². The zero-order valence-corrected chi connectivity index (χ0v) is 20.8. The van der Waals surface area contributed by atoms with E-state index in [-0.39, 0.29) is 11.9 Å². The fourth-order valence-corrected chi connectivity index (χ4v) is 6.20. The number of ether oxygens (including phenoxy) is 1. The summed E-state index contributed by atoms with van der Waals surface area (Å²) in [6.07, 6.45) is 2.69. The number of hydrogen-bond acceptors (Lipinski definition) is 5. The summed E-state index contributed by atoms with van der Waals surface area (Å²) < 4.78 is 33.4. The van der Waals surface area contributed by atoms with Crippen LogP contribution in [0.2, 0.25) is 0 Å². The Balaban J connectivity index is 2.09. The fraction of sp³-hybridized carbons (Fsp3) is 0.458. The van der Waals surface area contributed by atoms with Crippen LogP contribution >= 0.6 is 11.8 Å². The molecule has 0 aliphatic carbocycles. The maximum atomic E-state index is 13.3. The summed E-state index contributed by atoms with van der Waals surface area (Å²) in [6.45, 7) is 8.43. The van der Waals surface area contributed by atoms with E-state index in [4.69, 9.17) is 9.84 Å². The summed E-state index contributed by atoms with van der Waals surface area (Å²) in [5, 5.41) is 8.80. The quantitative estimate of drug-likeness (QED) is 0.407. The van der Waals surface area contributed by atoms with E-state index in [0.29, 0.717) is 23.7 Å². The molecule has 0 fully saturated rings. The molecule has 8 heteroatoms. The van der Waals surface area contributed by atoms with Gasteiger partial charge in [0, 0.05) is 23.2 Å². The molecule has 2 rings (SSSR count). The first-order valence-electron chi connectivity index (χ1n) is 10.9. The molecule has 1 atom stereocenters. The lowest BCUT2D eigenvalue weighted by Crippen LogP contribution is -2.36. The van der Waals surface area contributed by atoms with Gasteiger partial charge in [-0.05, 0) is 61.2 Å². The molecule has 0 radical (unpaired) electrons. The van der Waals surface area contributed by atoms with Gasteiger partial charge in [0.25, 0.3) is 0 Å². The van der Waals surface area contributed by atoms with Crippen molar-refractivity contribution in [3.63, 3.8) is 0 Å². The first-order valence-corrected chi connectivity index (χ1v) is 13.2. The summed E-state index contributed by atoms with van der Waals surface area (Å²) in [5.41, 5.74) is 1.98. The Morgan fingerprint density at radius 3 is 2.38 bits per heavy atom. The van der Waals surface area contributed by atoms with Crippen LogP contribution in [-0.2, 0) is 21.2 Å². The van der Waals surface area contributed by atoms with Crippen molar-refractivity contribution in [3.05, 3.63) is 53.6 Å². The smallest absolute Gasteiger partial charge is 0.341 e. The molecule has 1 unspecified atom stereocenters. The van der Waals surface area contributed by atoms with E-state index in [1.54, 1.807) is 34.3 Å². The Morgan fingerprint density at radius 1 is 1.12 bits per heavy atom. The van der Waals surface area contributed by atoms with Crippen LogP contribution in [0.15, 0.2) is 52.3 Å². The number of benzene rings is 2. The molecular weight excluding hydrogens is 446 g/mol. The lowest BCUT2D eigenvalue weighted by molar-refractivity contribution is -0.139. The second-order valence-corrected chi connectivity index (χ2v) is 11.2. The minimum atomic E-state index is -3.57. The molecule has 176 valence electrons. The number of carbonyl (C=O) groups is 1. The number of aryl methyl sites for hydroxylation is 2. The minimum absolute atomic E-state index is 0.0286. The second kappa shape index (κ2) is 12.3. The summed E-state index contributed by atoms with van der Waals surface area (Å²) in [5.74, 6) is -0.486. The maximum Gasteiger partial charge on any atom is 0.341 e. The molecule has 0 amide bonds. The van der Waals surface area contributed by atoms with E-state index < -0.39 is 16.0 Å². The number of thioether (sulfide) groups is 1. The summed E-state index contributed by atoms with van der Waals surface area (Å²) in [7, 11) is -3.57. The second-order valence-electron chi connectivity index (χ2n) is 7.80. The third-order valence-electron chi connectivity index (χ3n) is 4.87. The van der Waals surface area contributed by atoms with Crippen molar-refractivity contribution in [1.82, 2.24) is 4.31 Å². The van der Waals surface area contributed by atoms with Gasteiger partial charge in [0.2, 0.25) is 10.0 Å². The Kier molecular flexibility index (Phi) is 10.1. The fourth-order valence-electron chi connectivity index (χ4n) is 3.38. The number of hydrogen-bond donors (Lipinski definition) is 1. The van der Waals surface area contributed by atoms with Gasteiger partial charge < -0.3 is 9.84 Å². The van der Waals surface area contributed by atoms with Gasteiger partial charge in [-0.3, -0.25) is 0 Å². The van der Waals surface area contributed by atoms with Gasteiger partial charge in [-0.1, -0.05) is 39.3 Å². The molecule has 0 bridgehead atoms. The zero-order chi connectivity index (χ0) is 23.7. The van der Waals surface area contributed by atoms with Gasteiger partial charge in [-0.25, -0.2) is 13.2 Å². The third-order valence-corrected chi connectivity index (χ3v) is 7.83. The molecule has 0 aliphatic heterocycles. The van der Waals surface area contributed by atoms with Crippen LogP contribution in [0.3, 0.4) is 0 Å². The van der Waals surface area contributed by atoms with Crippen LogP contribution in [-0.4, -0.2) is 48.7 Å². The van der Waals surface area contributed by atoms with E-state index in [9.17, 15) is 13.2 Å². The highest BCUT2D eigenvalue weighted by Crippen LogP contribution is 2.30. The van der Waals surface area contributed by atoms with Crippen LogP contribution in [0.25, 0.3) is 0 Å². The summed E-state index contributed by atoms with van der Waals surface area (Å²) in [4.78, 5) is 12.0. The summed E-state index contributed by atoms with van der Waals surface area (Å²) >= 11 is 1.59. The van der Waals surface area contributed by atoms with Gasteiger partial charge in [0.05, 0.1) is 4.90 Å². The van der Waals surface area contributed by atoms with Crippen molar-refractivity contribution < 1.29 is 23.1 Å². The van der Waals surface area contributed by atoms with Crippen molar-refractivity contribution in [2.75, 3.05) is 19.7 Å². The average Bonchev–Trinajstić information content (AvgIpc) is 2.73. The number of carboxylic acids is 1. The van der Waals surface area contributed by atoms with Crippen LogP contribution in [0.4, 0.5) is 0 Å². The molecule has 6 nitrogen and oxygen atoms in total. The lowest BCUT2D eigenvalue weighted by Gasteiger charge is -2.25. The Morgan fingerprint density at radius 2 is 1.81 bits per heavy atom. The maximum absolute atomic E-state index is 13.3. The zero-order valence-electron chi connectivity index (χ0n) is 19.2. The van der Waals surface area contributed by atoms with Gasteiger partial charge in [0.15, 0.2) is 6.61 Å². The van der Waals surface area contributed by atoms with Crippen molar-refractivity contribution >= 4 is 27.8 Å². The van der Waals surface area contributed by atoms with E-state index >= 15 is 0 Å². The van der Waals surface area contributed by atoms with Crippen LogP contribution in [0, 0.1) is 6.92 Å². The molecular formula is C24H33NO5S2. The van der Waals surface area contributed by atoms with E-state index in [0.717, 1.165) is 35.3 Å². The topological polar surface area (TPSA) is 83.9 Å². The van der Waals surface area contributed by atoms with Gasteiger partial charge >= 0.3 is 5.97 Å². The average molecular weight is 480 g/mol. The van der Waals surface area contributed by atoms with Gasteiger partial charge in [-0.2, -0.15) is 4.31 Å². The van der Waals surface area contributed by atoms with E-state index in [2.05, 4.69) is 6.92 Å². The minimum Gasteiger partial charge on any atom is -0.482 e. The highest BCUT2D eigenvalue weighted by molar-refractivity contribution is 8.00. The molecule has 2 aromatic carbocycles. The molecule has 0 aromatic heterocycles. The predicted octanol–water partition coefficient (Wildman–Crippen LogP) is 4.99. The SMILES string of the molecule is CCCc1ccc(S(=O)(=O)N(CCC)CC(C)Sc2ccc(OCC(=O)O)c(C)c2)cc1. The van der Waals surface area contributed by atoms with Crippen molar-refractivity contribution in [3.8, 4) is 5.75 Å². The van der Waals surface area contributed by atoms with Gasteiger partial charge in [0.1, 0.15) is 5.75 Å². The molecule has 0 aliphatic rings. The molecule has 2 aromatic rings. The normalized spacial score (nSPS) is 12.7. The first kappa shape index (κ1) is 26.2.